The zero-order chi connectivity index (χ0) is 17.8. The highest BCUT2D eigenvalue weighted by Gasteiger charge is 2.05. The molecule has 0 amide bonds. The molecule has 3 aromatic rings. The Labute approximate surface area is 152 Å². The summed E-state index contributed by atoms with van der Waals surface area (Å²) in [5, 5.41) is 15.6. The van der Waals surface area contributed by atoms with Crippen molar-refractivity contribution in [1.29, 1.82) is 0 Å². The maximum Gasteiger partial charge on any atom is 0.171 e. The third-order valence-corrected chi connectivity index (χ3v) is 4.16. The summed E-state index contributed by atoms with van der Waals surface area (Å²) in [4.78, 5) is 0. The molecule has 130 valence electrons. The number of nitrogens with zero attached hydrogens (tertiary/aromatic N) is 4. The van der Waals surface area contributed by atoms with Gasteiger partial charge in [0.1, 0.15) is 0 Å². The second-order valence-corrected chi connectivity index (χ2v) is 6.54. The smallest absolute Gasteiger partial charge is 0.171 e. The Bertz CT molecular complexity index is 862. The number of rotatable bonds is 5. The van der Waals surface area contributed by atoms with Gasteiger partial charge in [-0.15, -0.1) is 0 Å². The van der Waals surface area contributed by atoms with Gasteiger partial charge >= 0.3 is 0 Å². The molecule has 0 saturated carbocycles. The van der Waals surface area contributed by atoms with Gasteiger partial charge in [-0.2, -0.15) is 10.2 Å². The van der Waals surface area contributed by atoms with Crippen molar-refractivity contribution in [1.82, 2.24) is 24.9 Å². The van der Waals surface area contributed by atoms with Crippen LogP contribution in [0.3, 0.4) is 0 Å². The average molecular weight is 354 g/mol. The molecule has 0 radical (unpaired) electrons. The lowest BCUT2D eigenvalue weighted by atomic mass is 10.1. The molecule has 2 aromatic heterocycles. The van der Waals surface area contributed by atoms with E-state index in [2.05, 4.69) is 52.0 Å². The molecule has 0 bridgehead atoms. The van der Waals surface area contributed by atoms with Gasteiger partial charge in [0.2, 0.25) is 0 Å². The van der Waals surface area contributed by atoms with E-state index in [1.165, 1.54) is 11.1 Å². The molecule has 0 atom stereocenters. The van der Waals surface area contributed by atoms with Gasteiger partial charge < -0.3 is 10.6 Å². The van der Waals surface area contributed by atoms with Crippen LogP contribution in [0.2, 0.25) is 0 Å². The van der Waals surface area contributed by atoms with Gasteiger partial charge in [-0.1, -0.05) is 29.8 Å². The molecule has 0 aliphatic rings. The highest BCUT2D eigenvalue weighted by atomic mass is 32.1. The van der Waals surface area contributed by atoms with Gasteiger partial charge in [-0.25, -0.2) is 0 Å². The van der Waals surface area contributed by atoms with Gasteiger partial charge in [-0.3, -0.25) is 9.36 Å². The zero-order valence-electron chi connectivity index (χ0n) is 14.7. The van der Waals surface area contributed by atoms with E-state index in [-0.39, 0.29) is 0 Å². The fourth-order valence-corrected chi connectivity index (χ4v) is 2.76. The van der Waals surface area contributed by atoms with Crippen molar-refractivity contribution in [3.63, 3.8) is 0 Å². The first-order chi connectivity index (χ1) is 12.0. The van der Waals surface area contributed by atoms with Crippen molar-refractivity contribution in [2.24, 2.45) is 7.05 Å². The van der Waals surface area contributed by atoms with Crippen molar-refractivity contribution >= 4 is 23.0 Å². The number of aromatic nitrogens is 4. The van der Waals surface area contributed by atoms with Crippen LogP contribution in [0.1, 0.15) is 22.4 Å². The fourth-order valence-electron chi connectivity index (χ4n) is 2.57. The van der Waals surface area contributed by atoms with Crippen LogP contribution >= 0.6 is 12.2 Å². The van der Waals surface area contributed by atoms with Crippen LogP contribution in [0, 0.1) is 13.8 Å². The Morgan fingerprint density at radius 3 is 2.60 bits per heavy atom. The summed E-state index contributed by atoms with van der Waals surface area (Å²) in [6, 6.07) is 8.45. The van der Waals surface area contributed by atoms with E-state index in [1.54, 1.807) is 10.9 Å². The maximum atomic E-state index is 5.35. The number of benzene rings is 1. The van der Waals surface area contributed by atoms with Crippen LogP contribution in [0.25, 0.3) is 0 Å². The number of anilines is 1. The SMILES string of the molecule is Cc1ccc(Cn2cc(NC(=S)NCc3cn(C)nc3C)cn2)cc1. The van der Waals surface area contributed by atoms with Crippen molar-refractivity contribution < 1.29 is 0 Å². The summed E-state index contributed by atoms with van der Waals surface area (Å²) in [5.41, 5.74) is 5.47. The minimum atomic E-state index is 0.568. The number of aryl methyl sites for hydroxylation is 3. The van der Waals surface area contributed by atoms with E-state index >= 15 is 0 Å². The van der Waals surface area contributed by atoms with Gasteiger partial charge in [-0.05, 0) is 31.6 Å². The lowest BCUT2D eigenvalue weighted by Crippen LogP contribution is -2.27. The Hall–Kier alpha value is -2.67. The van der Waals surface area contributed by atoms with Gasteiger partial charge in [0.15, 0.2) is 5.11 Å². The highest BCUT2D eigenvalue weighted by molar-refractivity contribution is 7.80. The normalized spacial score (nSPS) is 10.7. The highest BCUT2D eigenvalue weighted by Crippen LogP contribution is 2.09. The molecule has 0 saturated heterocycles. The summed E-state index contributed by atoms with van der Waals surface area (Å²) < 4.78 is 3.69. The number of nitrogens with one attached hydrogen (secondary N) is 2. The molecule has 25 heavy (non-hydrogen) atoms. The first-order valence-electron chi connectivity index (χ1n) is 8.11. The van der Waals surface area contributed by atoms with E-state index < -0.39 is 0 Å². The van der Waals surface area contributed by atoms with Crippen LogP contribution in [0.4, 0.5) is 5.69 Å². The molecule has 7 heteroatoms. The molecule has 2 heterocycles. The van der Waals surface area contributed by atoms with E-state index in [0.29, 0.717) is 11.7 Å². The summed E-state index contributed by atoms with van der Waals surface area (Å²) in [7, 11) is 1.91. The predicted octanol–water partition coefficient (Wildman–Crippen LogP) is 2.77. The molecule has 0 aliphatic carbocycles. The van der Waals surface area contributed by atoms with E-state index in [9.17, 15) is 0 Å². The topological polar surface area (TPSA) is 59.7 Å². The van der Waals surface area contributed by atoms with Crippen LogP contribution in [0.5, 0.6) is 0 Å². The molecule has 1 aromatic carbocycles. The van der Waals surface area contributed by atoms with Gasteiger partial charge in [0, 0.05) is 31.5 Å². The van der Waals surface area contributed by atoms with Gasteiger partial charge in [0.05, 0.1) is 24.1 Å². The zero-order valence-corrected chi connectivity index (χ0v) is 15.5. The number of hydrogen-bond acceptors (Lipinski definition) is 3. The molecular weight excluding hydrogens is 332 g/mol. The molecule has 3 rings (SSSR count). The Morgan fingerprint density at radius 1 is 1.16 bits per heavy atom. The van der Waals surface area contributed by atoms with E-state index in [1.807, 2.05) is 31.0 Å². The first kappa shape index (κ1) is 17.2. The Morgan fingerprint density at radius 2 is 1.92 bits per heavy atom. The summed E-state index contributed by atoms with van der Waals surface area (Å²) in [5.74, 6) is 0. The molecule has 6 nitrogen and oxygen atoms in total. The molecule has 0 aliphatic heterocycles. The first-order valence-corrected chi connectivity index (χ1v) is 8.52. The van der Waals surface area contributed by atoms with Crippen molar-refractivity contribution in [2.75, 3.05) is 5.32 Å². The third-order valence-electron chi connectivity index (χ3n) is 3.91. The summed E-state index contributed by atoms with van der Waals surface area (Å²) in [6.45, 7) is 5.45. The molecule has 2 N–H and O–H groups in total. The number of hydrogen-bond donors (Lipinski definition) is 2. The minimum Gasteiger partial charge on any atom is -0.358 e. The monoisotopic (exact) mass is 354 g/mol. The quantitative estimate of drug-likeness (QED) is 0.690. The molecule has 0 fully saturated rings. The van der Waals surface area contributed by atoms with Crippen molar-refractivity contribution in [3.05, 3.63) is 65.2 Å². The molecular formula is C18H22N6S. The van der Waals surface area contributed by atoms with Crippen molar-refractivity contribution in [2.45, 2.75) is 26.9 Å². The maximum absolute atomic E-state index is 5.35. The van der Waals surface area contributed by atoms with Crippen LogP contribution in [-0.4, -0.2) is 24.7 Å². The fraction of sp³-hybridized carbons (Fsp3) is 0.278. The van der Waals surface area contributed by atoms with Gasteiger partial charge in [0.25, 0.3) is 0 Å². The Kier molecular flexibility index (Phi) is 5.14. The van der Waals surface area contributed by atoms with E-state index in [4.69, 9.17) is 12.2 Å². The average Bonchev–Trinajstić information content (AvgIpc) is 3.13. The van der Waals surface area contributed by atoms with E-state index in [0.717, 1.165) is 23.5 Å². The predicted molar refractivity (Wildman–Crippen MR) is 104 cm³/mol. The van der Waals surface area contributed by atoms with Crippen molar-refractivity contribution in [3.8, 4) is 0 Å². The lowest BCUT2D eigenvalue weighted by Gasteiger charge is -2.08. The van der Waals surface area contributed by atoms with Crippen LogP contribution in [-0.2, 0) is 20.1 Å². The second-order valence-electron chi connectivity index (χ2n) is 6.13. The Balaban J connectivity index is 1.53. The largest absolute Gasteiger partial charge is 0.358 e. The lowest BCUT2D eigenvalue weighted by molar-refractivity contribution is 0.687. The third kappa shape index (κ3) is 4.67. The standard InChI is InChI=1S/C18H22N6S/c1-13-4-6-15(7-5-13)10-24-12-17(9-20-24)21-18(25)19-8-16-11-23(3)22-14(16)2/h4-7,9,11-12H,8,10H2,1-3H3,(H2,19,21,25). The summed E-state index contributed by atoms with van der Waals surface area (Å²) >= 11 is 5.35. The second kappa shape index (κ2) is 7.48. The van der Waals surface area contributed by atoms with Crippen LogP contribution < -0.4 is 10.6 Å². The number of thiocarbonyl (C=S) groups is 1. The van der Waals surface area contributed by atoms with Crippen LogP contribution in [0.15, 0.2) is 42.9 Å². The molecule has 0 unspecified atom stereocenters. The summed E-state index contributed by atoms with van der Waals surface area (Å²) in [6.07, 6.45) is 5.71. The molecule has 0 spiro atoms. The minimum absolute atomic E-state index is 0.568.